The summed E-state index contributed by atoms with van der Waals surface area (Å²) in [4.78, 5) is 56.3. The molecule has 2 amide bonds. The number of carbonyl (C=O) groups is 4. The first kappa shape index (κ1) is 24.0. The third-order valence-electron chi connectivity index (χ3n) is 6.14. The van der Waals surface area contributed by atoms with E-state index in [2.05, 4.69) is 4.99 Å². The van der Waals surface area contributed by atoms with Crippen LogP contribution in [0.3, 0.4) is 0 Å². The smallest absolute Gasteiger partial charge is 0.336 e. The SMILES string of the molecule is COC(=O)C1C(C)=NC(C)=C(C(=O)OCCN2C(=O)c3ccccc3C2=O)C1c1cccc(F)c1. The van der Waals surface area contributed by atoms with Gasteiger partial charge in [0.25, 0.3) is 11.8 Å². The second-order valence-corrected chi connectivity index (χ2v) is 8.23. The molecule has 9 heteroatoms. The van der Waals surface area contributed by atoms with Crippen molar-refractivity contribution in [1.82, 2.24) is 4.90 Å². The third kappa shape index (κ3) is 4.37. The van der Waals surface area contributed by atoms with Gasteiger partial charge in [-0.25, -0.2) is 9.18 Å². The molecule has 2 atom stereocenters. The van der Waals surface area contributed by atoms with Crippen LogP contribution in [0.15, 0.2) is 64.8 Å². The van der Waals surface area contributed by atoms with E-state index >= 15 is 0 Å². The molecule has 0 saturated carbocycles. The number of ether oxygens (including phenoxy) is 2. The van der Waals surface area contributed by atoms with Crippen LogP contribution >= 0.6 is 0 Å². The van der Waals surface area contributed by atoms with Gasteiger partial charge in [0.15, 0.2) is 0 Å². The molecule has 0 radical (unpaired) electrons. The monoisotopic (exact) mass is 478 g/mol. The number of esters is 2. The van der Waals surface area contributed by atoms with Gasteiger partial charge in [-0.3, -0.25) is 24.3 Å². The third-order valence-corrected chi connectivity index (χ3v) is 6.14. The molecule has 0 aromatic heterocycles. The summed E-state index contributed by atoms with van der Waals surface area (Å²) < 4.78 is 24.4. The van der Waals surface area contributed by atoms with E-state index in [-0.39, 0.29) is 18.7 Å². The first-order valence-electron chi connectivity index (χ1n) is 11.0. The van der Waals surface area contributed by atoms with Gasteiger partial charge in [-0.1, -0.05) is 24.3 Å². The van der Waals surface area contributed by atoms with Crippen molar-refractivity contribution in [2.24, 2.45) is 10.9 Å². The highest BCUT2D eigenvalue weighted by molar-refractivity contribution is 6.21. The van der Waals surface area contributed by atoms with Gasteiger partial charge in [0.1, 0.15) is 18.3 Å². The van der Waals surface area contributed by atoms with Crippen molar-refractivity contribution >= 4 is 29.5 Å². The first-order valence-corrected chi connectivity index (χ1v) is 11.0. The molecule has 2 heterocycles. The number of nitrogens with zero attached hydrogens (tertiary/aromatic N) is 2. The minimum Gasteiger partial charge on any atom is -0.468 e. The zero-order valence-corrected chi connectivity index (χ0v) is 19.4. The Morgan fingerprint density at radius 3 is 2.29 bits per heavy atom. The van der Waals surface area contributed by atoms with Crippen molar-refractivity contribution < 1.29 is 33.0 Å². The maximum Gasteiger partial charge on any atom is 0.336 e. The number of hydrogen-bond donors (Lipinski definition) is 0. The van der Waals surface area contributed by atoms with Gasteiger partial charge in [0.05, 0.1) is 30.4 Å². The van der Waals surface area contributed by atoms with Crippen LogP contribution in [0.2, 0.25) is 0 Å². The number of methoxy groups -OCH3 is 1. The van der Waals surface area contributed by atoms with Gasteiger partial charge in [0.2, 0.25) is 0 Å². The summed E-state index contributed by atoms with van der Waals surface area (Å²) in [6.45, 7) is 2.84. The molecular weight excluding hydrogens is 455 g/mol. The van der Waals surface area contributed by atoms with Crippen molar-refractivity contribution in [2.45, 2.75) is 19.8 Å². The predicted molar refractivity (Wildman–Crippen MR) is 123 cm³/mol. The van der Waals surface area contributed by atoms with Crippen LogP contribution in [0.5, 0.6) is 0 Å². The second-order valence-electron chi connectivity index (χ2n) is 8.23. The van der Waals surface area contributed by atoms with E-state index in [0.29, 0.717) is 28.1 Å². The van der Waals surface area contributed by atoms with Gasteiger partial charge < -0.3 is 9.47 Å². The number of aliphatic imine (C=N–C) groups is 1. The summed E-state index contributed by atoms with van der Waals surface area (Å²) in [5.41, 5.74) is 1.81. The maximum absolute atomic E-state index is 14.1. The van der Waals surface area contributed by atoms with E-state index in [1.807, 2.05) is 0 Å². The topological polar surface area (TPSA) is 102 Å². The van der Waals surface area contributed by atoms with Crippen LogP contribution in [0, 0.1) is 11.7 Å². The van der Waals surface area contributed by atoms with E-state index in [4.69, 9.17) is 9.47 Å². The van der Waals surface area contributed by atoms with Crippen LogP contribution in [-0.2, 0) is 19.1 Å². The van der Waals surface area contributed by atoms with Crippen molar-refractivity contribution in [2.75, 3.05) is 20.3 Å². The fourth-order valence-electron chi connectivity index (χ4n) is 4.54. The summed E-state index contributed by atoms with van der Waals surface area (Å²) in [7, 11) is 1.23. The number of carbonyl (C=O) groups excluding carboxylic acids is 4. The Bertz CT molecular complexity index is 1260. The molecule has 0 saturated heterocycles. The Morgan fingerprint density at radius 1 is 1.03 bits per heavy atom. The minimum atomic E-state index is -0.954. The lowest BCUT2D eigenvalue weighted by Crippen LogP contribution is -2.37. The fraction of sp³-hybridized carbons (Fsp3) is 0.269. The molecule has 2 unspecified atom stereocenters. The van der Waals surface area contributed by atoms with Crippen LogP contribution < -0.4 is 0 Å². The Balaban J connectivity index is 1.57. The van der Waals surface area contributed by atoms with Gasteiger partial charge in [-0.05, 0) is 43.7 Å². The van der Waals surface area contributed by atoms with Crippen LogP contribution in [0.4, 0.5) is 4.39 Å². The molecule has 0 spiro atoms. The lowest BCUT2D eigenvalue weighted by molar-refractivity contribution is -0.144. The molecule has 35 heavy (non-hydrogen) atoms. The molecule has 8 nitrogen and oxygen atoms in total. The van der Waals surface area contributed by atoms with E-state index in [9.17, 15) is 23.6 Å². The highest BCUT2D eigenvalue weighted by Crippen LogP contribution is 2.40. The largest absolute Gasteiger partial charge is 0.468 e. The van der Waals surface area contributed by atoms with Crippen LogP contribution in [0.1, 0.15) is 46.0 Å². The van der Waals surface area contributed by atoms with E-state index in [0.717, 1.165) is 4.90 Å². The molecule has 0 N–H and O–H groups in total. The van der Waals surface area contributed by atoms with E-state index in [1.165, 1.54) is 25.3 Å². The molecule has 2 aliphatic heterocycles. The Kier molecular flexibility index (Phi) is 6.59. The van der Waals surface area contributed by atoms with Gasteiger partial charge in [-0.15, -0.1) is 0 Å². The molecule has 0 aliphatic carbocycles. The lowest BCUT2D eigenvalue weighted by Gasteiger charge is -2.31. The molecule has 4 rings (SSSR count). The van der Waals surface area contributed by atoms with Crippen molar-refractivity contribution in [3.05, 3.63) is 82.3 Å². The summed E-state index contributed by atoms with van der Waals surface area (Å²) >= 11 is 0. The zero-order chi connectivity index (χ0) is 25.3. The van der Waals surface area contributed by atoms with Crippen molar-refractivity contribution in [3.8, 4) is 0 Å². The summed E-state index contributed by atoms with van der Waals surface area (Å²) in [6, 6.07) is 12.1. The summed E-state index contributed by atoms with van der Waals surface area (Å²) in [5, 5.41) is 0. The predicted octanol–water partition coefficient (Wildman–Crippen LogP) is 3.29. The lowest BCUT2D eigenvalue weighted by atomic mass is 9.75. The molecule has 0 fully saturated rings. The molecule has 0 bridgehead atoms. The van der Waals surface area contributed by atoms with Crippen molar-refractivity contribution in [1.29, 1.82) is 0 Å². The number of allylic oxidation sites excluding steroid dienone is 1. The summed E-state index contributed by atoms with van der Waals surface area (Å²) in [6.07, 6.45) is 0. The normalized spacial score (nSPS) is 19.4. The Morgan fingerprint density at radius 2 is 1.69 bits per heavy atom. The van der Waals surface area contributed by atoms with E-state index in [1.54, 1.807) is 44.2 Å². The van der Waals surface area contributed by atoms with Gasteiger partial charge in [0, 0.05) is 17.3 Å². The number of fused-ring (bicyclic) bond motifs is 1. The average molecular weight is 478 g/mol. The highest BCUT2D eigenvalue weighted by Gasteiger charge is 2.42. The summed E-state index contributed by atoms with van der Waals surface area (Å²) in [5.74, 6) is -4.69. The molecule has 2 aliphatic rings. The quantitative estimate of drug-likeness (QED) is 0.466. The zero-order valence-electron chi connectivity index (χ0n) is 19.4. The van der Waals surface area contributed by atoms with Gasteiger partial charge in [-0.2, -0.15) is 0 Å². The molecule has 2 aromatic rings. The minimum absolute atomic E-state index is 0.0824. The number of hydrogen-bond acceptors (Lipinski definition) is 7. The Hall–Kier alpha value is -4.14. The highest BCUT2D eigenvalue weighted by atomic mass is 19.1. The number of benzene rings is 2. The van der Waals surface area contributed by atoms with E-state index < -0.39 is 41.4 Å². The maximum atomic E-state index is 14.1. The van der Waals surface area contributed by atoms with Gasteiger partial charge >= 0.3 is 11.9 Å². The molecular formula is C26H23FN2O6. The fourth-order valence-corrected chi connectivity index (χ4v) is 4.54. The van der Waals surface area contributed by atoms with Crippen LogP contribution in [0.25, 0.3) is 0 Å². The first-order chi connectivity index (χ1) is 16.7. The molecule has 180 valence electrons. The Labute approximate surface area is 201 Å². The standard InChI is InChI=1S/C26H23FN2O6/c1-14-20(25(32)34-3)22(16-7-6-8-17(27)13-16)21(15(2)28-14)26(33)35-12-11-29-23(30)18-9-4-5-10-19(18)24(29)31/h4-10,13,20,22H,11-12H2,1-3H3. The average Bonchev–Trinajstić information content (AvgIpc) is 3.08. The molecule has 2 aromatic carbocycles. The number of rotatable bonds is 6. The van der Waals surface area contributed by atoms with Crippen molar-refractivity contribution in [3.63, 3.8) is 0 Å². The number of amides is 2. The second kappa shape index (κ2) is 9.61. The van der Waals surface area contributed by atoms with Crippen LogP contribution in [-0.4, -0.2) is 54.6 Å². The number of halogens is 1. The number of imide groups is 1.